The lowest BCUT2D eigenvalue weighted by atomic mass is 10.2. The van der Waals surface area contributed by atoms with E-state index in [2.05, 4.69) is 20.6 Å². The van der Waals surface area contributed by atoms with E-state index in [1.807, 2.05) is 0 Å². The zero-order valence-electron chi connectivity index (χ0n) is 15.1. The highest BCUT2D eigenvalue weighted by molar-refractivity contribution is 7.89. The first-order valence-electron chi connectivity index (χ1n) is 8.81. The van der Waals surface area contributed by atoms with Gasteiger partial charge in [-0.15, -0.1) is 11.3 Å². The second-order valence-electron chi connectivity index (χ2n) is 6.52. The minimum absolute atomic E-state index is 0.0319. The van der Waals surface area contributed by atoms with Crippen molar-refractivity contribution in [1.82, 2.24) is 15.1 Å². The van der Waals surface area contributed by atoms with Gasteiger partial charge in [-0.1, -0.05) is 12.1 Å². The Kier molecular flexibility index (Phi) is 5.31. The Labute approximate surface area is 171 Å². The van der Waals surface area contributed by atoms with Gasteiger partial charge in [0.05, 0.1) is 10.6 Å². The van der Waals surface area contributed by atoms with E-state index in [1.54, 1.807) is 30.3 Å². The Morgan fingerprint density at radius 2 is 1.83 bits per heavy atom. The Morgan fingerprint density at radius 1 is 1.10 bits per heavy atom. The highest BCUT2D eigenvalue weighted by atomic mass is 32.2. The van der Waals surface area contributed by atoms with Crippen LogP contribution in [0.4, 0.5) is 10.1 Å². The summed E-state index contributed by atoms with van der Waals surface area (Å²) in [6.45, 7) is 0. The summed E-state index contributed by atoms with van der Waals surface area (Å²) in [5.74, 6) is -0.894. The predicted molar refractivity (Wildman–Crippen MR) is 108 cm³/mol. The molecule has 0 atom stereocenters. The number of hydrogen-bond donors (Lipinski definition) is 3. The van der Waals surface area contributed by atoms with Crippen LogP contribution in [0.15, 0.2) is 58.8 Å². The van der Waals surface area contributed by atoms with Crippen LogP contribution < -0.4 is 15.6 Å². The van der Waals surface area contributed by atoms with Gasteiger partial charge in [-0.2, -0.15) is 0 Å². The number of sulfonamides is 1. The third-order valence-electron chi connectivity index (χ3n) is 4.23. The van der Waals surface area contributed by atoms with Crippen LogP contribution in [0.5, 0.6) is 0 Å². The summed E-state index contributed by atoms with van der Waals surface area (Å²) in [4.78, 5) is 16.6. The minimum Gasteiger partial charge on any atom is -0.298 e. The van der Waals surface area contributed by atoms with Gasteiger partial charge >= 0.3 is 0 Å². The first kappa shape index (κ1) is 19.5. The summed E-state index contributed by atoms with van der Waals surface area (Å²) < 4.78 is 40.8. The number of carbonyl (C=O) groups excluding carboxylic acids is 1. The maximum atomic E-state index is 13.9. The van der Waals surface area contributed by atoms with Crippen molar-refractivity contribution in [3.8, 4) is 10.6 Å². The fraction of sp³-hybridized carbons (Fsp3) is 0.158. The summed E-state index contributed by atoms with van der Waals surface area (Å²) >= 11 is 1.17. The van der Waals surface area contributed by atoms with Crippen molar-refractivity contribution in [3.05, 3.63) is 65.4 Å². The molecule has 0 bridgehead atoms. The van der Waals surface area contributed by atoms with E-state index >= 15 is 0 Å². The molecule has 7 nitrogen and oxygen atoms in total. The van der Waals surface area contributed by atoms with Crippen molar-refractivity contribution in [2.75, 3.05) is 5.43 Å². The van der Waals surface area contributed by atoms with Crippen LogP contribution in [0.2, 0.25) is 0 Å². The van der Waals surface area contributed by atoms with E-state index in [1.165, 1.54) is 34.9 Å². The second kappa shape index (κ2) is 7.90. The van der Waals surface area contributed by atoms with E-state index in [4.69, 9.17) is 0 Å². The predicted octanol–water partition coefficient (Wildman–Crippen LogP) is 3.15. The maximum Gasteiger partial charge on any atom is 0.289 e. The number of rotatable bonds is 7. The Hall–Kier alpha value is -2.82. The summed E-state index contributed by atoms with van der Waals surface area (Å²) in [6, 6.07) is 12.3. The smallest absolute Gasteiger partial charge is 0.289 e. The second-order valence-corrected chi connectivity index (χ2v) is 9.09. The number of thiazole rings is 1. The number of hydrazine groups is 1. The van der Waals surface area contributed by atoms with Crippen molar-refractivity contribution in [2.24, 2.45) is 0 Å². The van der Waals surface area contributed by atoms with E-state index in [-0.39, 0.29) is 16.6 Å². The fourth-order valence-electron chi connectivity index (χ4n) is 2.54. The van der Waals surface area contributed by atoms with Gasteiger partial charge in [0.25, 0.3) is 5.91 Å². The number of amides is 1. The Morgan fingerprint density at radius 3 is 2.52 bits per heavy atom. The molecule has 1 amide bonds. The van der Waals surface area contributed by atoms with Gasteiger partial charge in [0.2, 0.25) is 10.0 Å². The molecule has 1 aromatic heterocycles. The summed E-state index contributed by atoms with van der Waals surface area (Å²) in [5, 5.41) is 1.95. The highest BCUT2D eigenvalue weighted by Gasteiger charge is 2.27. The fourth-order valence-corrected chi connectivity index (χ4v) is 4.67. The number of benzene rings is 2. The first-order valence-corrected chi connectivity index (χ1v) is 11.2. The standard InChI is InChI=1S/C19H17FN4O3S2/c20-16-4-2-1-3-15(16)19-21-17(11-28-19)18(25)23-22-12-7-9-14(10-8-12)29(26,27)24-13-5-6-13/h1-4,7-11,13,22,24H,5-6H2,(H,23,25). The van der Waals surface area contributed by atoms with Crippen molar-refractivity contribution < 1.29 is 17.6 Å². The monoisotopic (exact) mass is 432 g/mol. The summed E-state index contributed by atoms with van der Waals surface area (Å²) in [6.07, 6.45) is 1.72. The van der Waals surface area contributed by atoms with E-state index in [0.717, 1.165) is 12.8 Å². The average molecular weight is 433 g/mol. The van der Waals surface area contributed by atoms with Gasteiger partial charge < -0.3 is 0 Å². The first-order chi connectivity index (χ1) is 13.9. The molecule has 4 rings (SSSR count). The molecule has 0 aliphatic heterocycles. The van der Waals surface area contributed by atoms with Gasteiger partial charge in [0.15, 0.2) is 0 Å². The Bertz CT molecular complexity index is 1140. The third kappa shape index (κ3) is 4.61. The topological polar surface area (TPSA) is 100 Å². The molecule has 0 saturated heterocycles. The van der Waals surface area contributed by atoms with Gasteiger partial charge in [0, 0.05) is 17.0 Å². The molecular weight excluding hydrogens is 415 g/mol. The zero-order valence-corrected chi connectivity index (χ0v) is 16.7. The molecule has 150 valence electrons. The van der Waals surface area contributed by atoms with Crippen LogP contribution in [-0.2, 0) is 10.0 Å². The molecule has 0 radical (unpaired) electrons. The van der Waals surface area contributed by atoms with Crippen LogP contribution >= 0.6 is 11.3 Å². The minimum atomic E-state index is -3.52. The SMILES string of the molecule is O=C(NNc1ccc(S(=O)(=O)NC2CC2)cc1)c1csc(-c2ccccc2F)n1. The van der Waals surface area contributed by atoms with Crippen LogP contribution in [0.1, 0.15) is 23.3 Å². The summed E-state index contributed by atoms with van der Waals surface area (Å²) in [5.41, 5.74) is 6.19. The number of halogens is 1. The zero-order chi connectivity index (χ0) is 20.4. The maximum absolute atomic E-state index is 13.9. The number of carbonyl (C=O) groups is 1. The number of anilines is 1. The highest BCUT2D eigenvalue weighted by Crippen LogP contribution is 2.26. The van der Waals surface area contributed by atoms with Crippen molar-refractivity contribution >= 4 is 33.0 Å². The van der Waals surface area contributed by atoms with Crippen LogP contribution in [0.3, 0.4) is 0 Å². The number of hydrogen-bond acceptors (Lipinski definition) is 6. The third-order valence-corrected chi connectivity index (χ3v) is 6.64. The summed E-state index contributed by atoms with van der Waals surface area (Å²) in [7, 11) is -3.52. The molecule has 0 unspecified atom stereocenters. The largest absolute Gasteiger partial charge is 0.298 e. The Balaban J connectivity index is 1.38. The molecule has 0 spiro atoms. The van der Waals surface area contributed by atoms with E-state index in [0.29, 0.717) is 16.3 Å². The molecular formula is C19H17FN4O3S2. The molecule has 3 aromatic rings. The molecule has 1 aliphatic carbocycles. The molecule has 3 N–H and O–H groups in total. The molecule has 10 heteroatoms. The quantitative estimate of drug-likeness (QED) is 0.498. The number of nitrogens with one attached hydrogen (secondary N) is 3. The van der Waals surface area contributed by atoms with Crippen LogP contribution in [0.25, 0.3) is 10.6 Å². The van der Waals surface area contributed by atoms with E-state index < -0.39 is 21.7 Å². The number of nitrogens with zero attached hydrogens (tertiary/aromatic N) is 1. The van der Waals surface area contributed by atoms with Gasteiger partial charge in [-0.05, 0) is 49.2 Å². The lowest BCUT2D eigenvalue weighted by molar-refractivity contribution is 0.0958. The van der Waals surface area contributed by atoms with Gasteiger partial charge in [0.1, 0.15) is 16.5 Å². The lowest BCUT2D eigenvalue weighted by Gasteiger charge is -2.09. The normalized spacial score (nSPS) is 13.8. The number of aromatic nitrogens is 1. The molecule has 1 saturated carbocycles. The van der Waals surface area contributed by atoms with Crippen molar-refractivity contribution in [1.29, 1.82) is 0 Å². The van der Waals surface area contributed by atoms with Gasteiger partial charge in [-0.3, -0.25) is 15.6 Å². The van der Waals surface area contributed by atoms with Crippen LogP contribution in [-0.4, -0.2) is 25.4 Å². The molecule has 29 heavy (non-hydrogen) atoms. The molecule has 1 fully saturated rings. The van der Waals surface area contributed by atoms with Crippen molar-refractivity contribution in [2.45, 2.75) is 23.8 Å². The van der Waals surface area contributed by atoms with Gasteiger partial charge in [-0.25, -0.2) is 22.5 Å². The van der Waals surface area contributed by atoms with Crippen molar-refractivity contribution in [3.63, 3.8) is 0 Å². The molecule has 1 aliphatic rings. The van der Waals surface area contributed by atoms with E-state index in [9.17, 15) is 17.6 Å². The average Bonchev–Trinajstić information content (AvgIpc) is 3.37. The van der Waals surface area contributed by atoms with Crippen LogP contribution in [0, 0.1) is 5.82 Å². The molecule has 2 aromatic carbocycles. The molecule has 1 heterocycles. The lowest BCUT2D eigenvalue weighted by Crippen LogP contribution is -2.29.